The van der Waals surface area contributed by atoms with Gasteiger partial charge in [0.05, 0.1) is 0 Å². The van der Waals surface area contributed by atoms with E-state index in [1.54, 1.807) is 11.8 Å². The maximum atomic E-state index is 4.60. The number of thioether (sulfide) groups is 1. The molecule has 0 bridgehead atoms. The van der Waals surface area contributed by atoms with Gasteiger partial charge in [-0.3, -0.25) is 4.57 Å². The van der Waals surface area contributed by atoms with Crippen LogP contribution in [0.25, 0.3) is 17.1 Å². The lowest BCUT2D eigenvalue weighted by atomic mass is 9.87. The molecular weight excluding hydrogens is 398 g/mol. The number of aromatic nitrogens is 3. The summed E-state index contributed by atoms with van der Waals surface area (Å²) in [4.78, 5) is 0. The Balaban J connectivity index is 1.72. The molecule has 4 rings (SSSR count). The normalized spacial score (nSPS) is 11.6. The molecular formula is C27H29N3S. The van der Waals surface area contributed by atoms with Gasteiger partial charge in [0.2, 0.25) is 0 Å². The molecule has 1 aromatic heterocycles. The molecule has 0 radical (unpaired) electrons. The molecule has 31 heavy (non-hydrogen) atoms. The van der Waals surface area contributed by atoms with Gasteiger partial charge in [0.25, 0.3) is 0 Å². The van der Waals surface area contributed by atoms with Crippen molar-refractivity contribution >= 4 is 11.8 Å². The summed E-state index contributed by atoms with van der Waals surface area (Å²) in [6, 6.07) is 25.9. The van der Waals surface area contributed by atoms with Crippen molar-refractivity contribution in [3.63, 3.8) is 0 Å². The van der Waals surface area contributed by atoms with E-state index in [-0.39, 0.29) is 5.41 Å². The lowest BCUT2D eigenvalue weighted by molar-refractivity contribution is 0.590. The smallest absolute Gasteiger partial charge is 0.196 e. The van der Waals surface area contributed by atoms with Crippen LogP contribution in [0.1, 0.15) is 43.0 Å². The lowest BCUT2D eigenvalue weighted by Gasteiger charge is -2.19. The molecule has 158 valence electrons. The molecule has 3 nitrogen and oxygen atoms in total. The van der Waals surface area contributed by atoms with Gasteiger partial charge in [0.1, 0.15) is 0 Å². The molecule has 1 heterocycles. The van der Waals surface area contributed by atoms with Gasteiger partial charge in [-0.2, -0.15) is 0 Å². The van der Waals surface area contributed by atoms with E-state index in [1.165, 1.54) is 22.3 Å². The third-order valence-corrected chi connectivity index (χ3v) is 6.39. The van der Waals surface area contributed by atoms with Crippen molar-refractivity contribution in [1.29, 1.82) is 0 Å². The summed E-state index contributed by atoms with van der Waals surface area (Å²) >= 11 is 1.72. The highest BCUT2D eigenvalue weighted by Gasteiger charge is 2.18. The zero-order valence-corrected chi connectivity index (χ0v) is 19.7. The van der Waals surface area contributed by atoms with E-state index in [9.17, 15) is 0 Å². The molecule has 0 spiro atoms. The highest BCUT2D eigenvalue weighted by atomic mass is 32.2. The Morgan fingerprint density at radius 3 is 2.16 bits per heavy atom. The third kappa shape index (κ3) is 4.91. The topological polar surface area (TPSA) is 30.7 Å². The molecule has 3 aromatic carbocycles. The first kappa shape index (κ1) is 21.4. The largest absolute Gasteiger partial charge is 0.270 e. The van der Waals surface area contributed by atoms with Crippen LogP contribution in [0.15, 0.2) is 78.0 Å². The van der Waals surface area contributed by atoms with Gasteiger partial charge in [0, 0.05) is 17.0 Å². The van der Waals surface area contributed by atoms with Crippen LogP contribution in [0.4, 0.5) is 0 Å². The van der Waals surface area contributed by atoms with E-state index in [0.29, 0.717) is 0 Å². The van der Waals surface area contributed by atoms with E-state index < -0.39 is 0 Å². The first-order valence-corrected chi connectivity index (χ1v) is 11.6. The van der Waals surface area contributed by atoms with Gasteiger partial charge in [-0.1, -0.05) is 104 Å². The second-order valence-electron chi connectivity index (χ2n) is 9.08. The quantitative estimate of drug-likeness (QED) is 0.317. The molecule has 0 saturated heterocycles. The molecule has 4 aromatic rings. The number of hydrogen-bond acceptors (Lipinski definition) is 3. The van der Waals surface area contributed by atoms with Crippen LogP contribution in [-0.2, 0) is 11.2 Å². The lowest BCUT2D eigenvalue weighted by Crippen LogP contribution is -2.10. The first-order valence-electron chi connectivity index (χ1n) is 10.6. The fourth-order valence-corrected chi connectivity index (χ4v) is 4.44. The van der Waals surface area contributed by atoms with E-state index in [4.69, 9.17) is 0 Å². The van der Waals surface area contributed by atoms with E-state index in [2.05, 4.69) is 122 Å². The van der Waals surface area contributed by atoms with Gasteiger partial charge < -0.3 is 0 Å². The van der Waals surface area contributed by atoms with Crippen LogP contribution < -0.4 is 0 Å². The molecule has 0 aliphatic carbocycles. The highest BCUT2D eigenvalue weighted by molar-refractivity contribution is 7.98. The summed E-state index contributed by atoms with van der Waals surface area (Å²) in [6.45, 7) is 10.9. The second-order valence-corrected chi connectivity index (χ2v) is 10.0. The van der Waals surface area contributed by atoms with Gasteiger partial charge >= 0.3 is 0 Å². The van der Waals surface area contributed by atoms with E-state index in [0.717, 1.165) is 28.0 Å². The average molecular weight is 428 g/mol. The zero-order valence-electron chi connectivity index (χ0n) is 18.9. The fourth-order valence-electron chi connectivity index (χ4n) is 3.55. The predicted molar refractivity (Wildman–Crippen MR) is 131 cm³/mol. The van der Waals surface area contributed by atoms with Gasteiger partial charge in [0.15, 0.2) is 11.0 Å². The number of benzene rings is 3. The summed E-state index contributed by atoms with van der Waals surface area (Å²) in [7, 11) is 0. The number of aryl methyl sites for hydroxylation is 2. The van der Waals surface area contributed by atoms with Crippen LogP contribution in [0.3, 0.4) is 0 Å². The molecule has 0 aliphatic heterocycles. The minimum Gasteiger partial charge on any atom is -0.270 e. The molecule has 0 N–H and O–H groups in total. The Hall–Kier alpha value is -2.85. The summed E-state index contributed by atoms with van der Waals surface area (Å²) < 4.78 is 2.17. The number of nitrogens with zero attached hydrogens (tertiary/aromatic N) is 3. The average Bonchev–Trinajstić information content (AvgIpc) is 3.16. The molecule has 0 unspecified atom stereocenters. The number of rotatable bonds is 5. The van der Waals surface area contributed by atoms with Crippen LogP contribution >= 0.6 is 11.8 Å². The van der Waals surface area contributed by atoms with Crippen molar-refractivity contribution in [2.45, 2.75) is 50.9 Å². The van der Waals surface area contributed by atoms with E-state index >= 15 is 0 Å². The second kappa shape index (κ2) is 8.72. The van der Waals surface area contributed by atoms with E-state index in [1.807, 2.05) is 0 Å². The fraction of sp³-hybridized carbons (Fsp3) is 0.259. The maximum absolute atomic E-state index is 4.60. The minimum atomic E-state index is 0.123. The maximum Gasteiger partial charge on any atom is 0.196 e. The molecule has 0 fully saturated rings. The molecule has 0 amide bonds. The number of hydrogen-bond donors (Lipinski definition) is 0. The molecule has 0 atom stereocenters. The standard InChI is InChI=1S/C27H29N3S/c1-19-9-15-24(16-10-19)30-25(22-11-13-23(14-12-22)27(3,4)5)28-29-26(30)31-18-21-8-6-7-20(2)17-21/h6-17H,18H2,1-5H3. The Labute approximate surface area is 189 Å². The molecule has 4 heteroatoms. The summed E-state index contributed by atoms with van der Waals surface area (Å²) in [6.07, 6.45) is 0. The summed E-state index contributed by atoms with van der Waals surface area (Å²) in [5.74, 6) is 1.73. The Bertz CT molecular complexity index is 1170. The Kier molecular flexibility index (Phi) is 6.01. The van der Waals surface area contributed by atoms with Crippen LogP contribution in [0.5, 0.6) is 0 Å². The summed E-state index contributed by atoms with van der Waals surface area (Å²) in [5.41, 5.74) is 7.39. The first-order chi connectivity index (χ1) is 14.8. The summed E-state index contributed by atoms with van der Waals surface area (Å²) in [5, 5.41) is 10.1. The van der Waals surface area contributed by atoms with Crippen molar-refractivity contribution in [1.82, 2.24) is 14.8 Å². The van der Waals surface area contributed by atoms with Crippen molar-refractivity contribution in [3.8, 4) is 17.1 Å². The van der Waals surface area contributed by atoms with Crippen molar-refractivity contribution in [3.05, 3.63) is 95.1 Å². The van der Waals surface area contributed by atoms with Crippen molar-refractivity contribution < 1.29 is 0 Å². The Morgan fingerprint density at radius 1 is 0.806 bits per heavy atom. The van der Waals surface area contributed by atoms with Crippen molar-refractivity contribution in [2.75, 3.05) is 0 Å². The third-order valence-electron chi connectivity index (χ3n) is 5.39. The molecule has 0 aliphatic rings. The predicted octanol–water partition coefficient (Wildman–Crippen LogP) is 7.14. The zero-order chi connectivity index (χ0) is 22.0. The monoisotopic (exact) mass is 427 g/mol. The Morgan fingerprint density at radius 2 is 1.52 bits per heavy atom. The minimum absolute atomic E-state index is 0.123. The molecule has 0 saturated carbocycles. The van der Waals surface area contributed by atoms with Gasteiger partial charge in [-0.25, -0.2) is 0 Å². The van der Waals surface area contributed by atoms with Crippen LogP contribution in [0, 0.1) is 13.8 Å². The SMILES string of the molecule is Cc1ccc(-n2c(SCc3cccc(C)c3)nnc2-c2ccc(C(C)(C)C)cc2)cc1. The van der Waals surface area contributed by atoms with Gasteiger partial charge in [-0.15, -0.1) is 10.2 Å². The van der Waals surface area contributed by atoms with Crippen LogP contribution in [0.2, 0.25) is 0 Å². The van der Waals surface area contributed by atoms with Crippen LogP contribution in [-0.4, -0.2) is 14.8 Å². The van der Waals surface area contributed by atoms with Gasteiger partial charge in [-0.05, 0) is 42.5 Å². The van der Waals surface area contributed by atoms with Crippen molar-refractivity contribution in [2.24, 2.45) is 0 Å². The highest BCUT2D eigenvalue weighted by Crippen LogP contribution is 2.31.